The monoisotopic (exact) mass is 353 g/mol. The predicted molar refractivity (Wildman–Crippen MR) is 86.5 cm³/mol. The first-order chi connectivity index (χ1) is 11.8. The van der Waals surface area contributed by atoms with E-state index in [2.05, 4.69) is 4.74 Å². The Morgan fingerprint density at radius 2 is 1.80 bits per heavy atom. The SMILES string of the molecule is COc1ccc(C(=O)N(C)C(C)c2ccccc2F)cc1OC(F)F. The molecule has 0 saturated carbocycles. The number of carbonyl (C=O) groups is 1. The molecule has 1 amide bonds. The van der Waals surface area contributed by atoms with E-state index in [0.29, 0.717) is 5.56 Å². The van der Waals surface area contributed by atoms with Crippen LogP contribution in [-0.2, 0) is 0 Å². The van der Waals surface area contributed by atoms with E-state index in [1.54, 1.807) is 25.1 Å². The van der Waals surface area contributed by atoms with Crippen molar-refractivity contribution in [2.24, 2.45) is 0 Å². The highest BCUT2D eigenvalue weighted by Gasteiger charge is 2.22. The maximum atomic E-state index is 13.9. The Bertz CT molecular complexity index is 752. The first-order valence-electron chi connectivity index (χ1n) is 7.49. The average molecular weight is 353 g/mol. The molecule has 0 aliphatic carbocycles. The molecule has 0 aliphatic heterocycles. The molecule has 1 atom stereocenters. The van der Waals surface area contributed by atoms with E-state index in [1.165, 1.54) is 43.3 Å². The molecule has 25 heavy (non-hydrogen) atoms. The Balaban J connectivity index is 2.28. The summed E-state index contributed by atoms with van der Waals surface area (Å²) in [6.45, 7) is -1.37. The van der Waals surface area contributed by atoms with E-state index < -0.39 is 24.4 Å². The molecule has 0 spiro atoms. The van der Waals surface area contributed by atoms with Gasteiger partial charge in [-0.3, -0.25) is 4.79 Å². The fourth-order valence-corrected chi connectivity index (χ4v) is 2.40. The topological polar surface area (TPSA) is 38.8 Å². The molecule has 2 aromatic rings. The van der Waals surface area contributed by atoms with Crippen LogP contribution in [0.4, 0.5) is 13.2 Å². The molecular weight excluding hydrogens is 335 g/mol. The highest BCUT2D eigenvalue weighted by atomic mass is 19.3. The summed E-state index contributed by atoms with van der Waals surface area (Å²) < 4.78 is 48.3. The maximum absolute atomic E-state index is 13.9. The van der Waals surface area contributed by atoms with Crippen LogP contribution in [-0.4, -0.2) is 31.6 Å². The Hall–Kier alpha value is -2.70. The number of methoxy groups -OCH3 is 1. The van der Waals surface area contributed by atoms with Gasteiger partial charge in [0.1, 0.15) is 5.82 Å². The summed E-state index contributed by atoms with van der Waals surface area (Å²) >= 11 is 0. The number of halogens is 3. The Labute approximate surface area is 143 Å². The highest BCUT2D eigenvalue weighted by Crippen LogP contribution is 2.31. The first kappa shape index (κ1) is 18.6. The van der Waals surface area contributed by atoms with Crippen molar-refractivity contribution in [3.8, 4) is 11.5 Å². The molecule has 0 N–H and O–H groups in total. The maximum Gasteiger partial charge on any atom is 0.387 e. The predicted octanol–water partition coefficient (Wildman–Crippen LogP) is 4.27. The van der Waals surface area contributed by atoms with E-state index in [9.17, 15) is 18.0 Å². The Morgan fingerprint density at radius 1 is 1.12 bits per heavy atom. The number of rotatable bonds is 6. The van der Waals surface area contributed by atoms with Crippen molar-refractivity contribution in [3.05, 3.63) is 59.4 Å². The second kappa shape index (κ2) is 7.92. The zero-order valence-electron chi connectivity index (χ0n) is 14.0. The second-order valence-corrected chi connectivity index (χ2v) is 5.36. The van der Waals surface area contributed by atoms with Crippen molar-refractivity contribution in [1.29, 1.82) is 0 Å². The molecule has 0 fully saturated rings. The van der Waals surface area contributed by atoms with E-state index in [4.69, 9.17) is 4.74 Å². The molecule has 7 heteroatoms. The van der Waals surface area contributed by atoms with Gasteiger partial charge in [0, 0.05) is 18.2 Å². The minimum atomic E-state index is -3.05. The number of benzene rings is 2. The van der Waals surface area contributed by atoms with Crippen molar-refractivity contribution >= 4 is 5.91 Å². The molecule has 2 aromatic carbocycles. The summed E-state index contributed by atoms with van der Waals surface area (Å²) in [6.07, 6.45) is 0. The Morgan fingerprint density at radius 3 is 2.40 bits per heavy atom. The summed E-state index contributed by atoms with van der Waals surface area (Å²) in [4.78, 5) is 14.0. The summed E-state index contributed by atoms with van der Waals surface area (Å²) in [5.41, 5.74) is 0.484. The van der Waals surface area contributed by atoms with Crippen LogP contribution in [0, 0.1) is 5.82 Å². The molecule has 0 saturated heterocycles. The molecule has 0 aliphatic rings. The molecule has 0 bridgehead atoms. The van der Waals surface area contributed by atoms with Crippen LogP contribution >= 0.6 is 0 Å². The molecule has 1 unspecified atom stereocenters. The van der Waals surface area contributed by atoms with E-state index in [1.807, 2.05) is 0 Å². The summed E-state index contributed by atoms with van der Waals surface area (Å²) in [7, 11) is 2.82. The van der Waals surface area contributed by atoms with Crippen LogP contribution < -0.4 is 9.47 Å². The van der Waals surface area contributed by atoms with Crippen molar-refractivity contribution in [3.63, 3.8) is 0 Å². The second-order valence-electron chi connectivity index (χ2n) is 5.36. The third-order valence-electron chi connectivity index (χ3n) is 3.88. The minimum Gasteiger partial charge on any atom is -0.493 e. The number of alkyl halides is 2. The lowest BCUT2D eigenvalue weighted by Gasteiger charge is -2.26. The molecule has 0 aromatic heterocycles. The summed E-state index contributed by atoms with van der Waals surface area (Å²) in [5.74, 6) is -1.04. The highest BCUT2D eigenvalue weighted by molar-refractivity contribution is 5.95. The standard InChI is InChI=1S/C18H18F3NO3/c1-11(13-6-4-5-7-14(13)19)22(2)17(23)12-8-9-15(24-3)16(10-12)25-18(20)21/h4-11,18H,1-3H3. The van der Waals surface area contributed by atoms with Gasteiger partial charge in [-0.1, -0.05) is 18.2 Å². The van der Waals surface area contributed by atoms with E-state index in [-0.39, 0.29) is 17.1 Å². The smallest absolute Gasteiger partial charge is 0.387 e. The molecule has 134 valence electrons. The molecule has 2 rings (SSSR count). The van der Waals surface area contributed by atoms with Crippen molar-refractivity contribution < 1.29 is 27.4 Å². The fraction of sp³-hybridized carbons (Fsp3) is 0.278. The average Bonchev–Trinajstić information content (AvgIpc) is 2.59. The van der Waals surface area contributed by atoms with Crippen LogP contribution in [0.15, 0.2) is 42.5 Å². The van der Waals surface area contributed by atoms with Gasteiger partial charge in [-0.15, -0.1) is 0 Å². The van der Waals surface area contributed by atoms with E-state index >= 15 is 0 Å². The van der Waals surface area contributed by atoms with Crippen molar-refractivity contribution in [2.45, 2.75) is 19.6 Å². The van der Waals surface area contributed by atoms with Gasteiger partial charge in [0.2, 0.25) is 0 Å². The third kappa shape index (κ3) is 4.23. The lowest BCUT2D eigenvalue weighted by atomic mass is 10.1. The van der Waals surface area contributed by atoms with Crippen LogP contribution in [0.3, 0.4) is 0 Å². The van der Waals surface area contributed by atoms with Gasteiger partial charge in [-0.05, 0) is 31.2 Å². The number of hydrogen-bond donors (Lipinski definition) is 0. The lowest BCUT2D eigenvalue weighted by Crippen LogP contribution is -2.30. The van der Waals surface area contributed by atoms with Gasteiger partial charge in [0.15, 0.2) is 11.5 Å². The van der Waals surface area contributed by atoms with E-state index in [0.717, 1.165) is 0 Å². The molecule has 0 radical (unpaired) electrons. The number of nitrogens with zero attached hydrogens (tertiary/aromatic N) is 1. The third-order valence-corrected chi connectivity index (χ3v) is 3.88. The van der Waals surface area contributed by atoms with Gasteiger partial charge in [0.05, 0.1) is 13.2 Å². The summed E-state index contributed by atoms with van der Waals surface area (Å²) in [6, 6.07) is 9.57. The molecule has 0 heterocycles. The summed E-state index contributed by atoms with van der Waals surface area (Å²) in [5, 5.41) is 0. The number of amides is 1. The van der Waals surface area contributed by atoms with Crippen LogP contribution in [0.2, 0.25) is 0 Å². The minimum absolute atomic E-state index is 0.0849. The van der Waals surface area contributed by atoms with Gasteiger partial charge in [-0.2, -0.15) is 8.78 Å². The normalized spacial score (nSPS) is 12.0. The molecular formula is C18H18F3NO3. The quantitative estimate of drug-likeness (QED) is 0.779. The Kier molecular flexibility index (Phi) is 5.90. The zero-order valence-corrected chi connectivity index (χ0v) is 14.0. The fourth-order valence-electron chi connectivity index (χ4n) is 2.40. The number of hydrogen-bond acceptors (Lipinski definition) is 3. The van der Waals surface area contributed by atoms with Gasteiger partial charge < -0.3 is 14.4 Å². The van der Waals surface area contributed by atoms with Gasteiger partial charge >= 0.3 is 6.61 Å². The molecule has 4 nitrogen and oxygen atoms in total. The van der Waals surface area contributed by atoms with Crippen LogP contribution in [0.25, 0.3) is 0 Å². The van der Waals surface area contributed by atoms with Crippen molar-refractivity contribution in [1.82, 2.24) is 4.90 Å². The van der Waals surface area contributed by atoms with Gasteiger partial charge in [0.25, 0.3) is 5.91 Å². The number of carbonyl (C=O) groups excluding carboxylic acids is 1. The number of ether oxygens (including phenoxy) is 2. The van der Waals surface area contributed by atoms with Gasteiger partial charge in [-0.25, -0.2) is 4.39 Å². The zero-order chi connectivity index (χ0) is 18.6. The van der Waals surface area contributed by atoms with Crippen LogP contribution in [0.1, 0.15) is 28.9 Å². The van der Waals surface area contributed by atoms with Crippen molar-refractivity contribution in [2.75, 3.05) is 14.2 Å². The largest absolute Gasteiger partial charge is 0.493 e. The van der Waals surface area contributed by atoms with Crippen LogP contribution in [0.5, 0.6) is 11.5 Å². The first-order valence-corrected chi connectivity index (χ1v) is 7.49. The lowest BCUT2D eigenvalue weighted by molar-refractivity contribution is -0.0512.